The number of carbonyl (C=O) groups excluding carboxylic acids is 2. The summed E-state index contributed by atoms with van der Waals surface area (Å²) in [4.78, 5) is 23.9. The van der Waals surface area contributed by atoms with Gasteiger partial charge < -0.3 is 20.1 Å². The second-order valence-electron chi connectivity index (χ2n) is 5.51. The Labute approximate surface area is 147 Å². The monoisotopic (exact) mass is 342 g/mol. The molecule has 0 saturated carbocycles. The molecule has 0 aliphatic carbocycles. The van der Waals surface area contributed by atoms with Crippen LogP contribution in [-0.2, 0) is 11.3 Å². The SMILES string of the molecule is COc1ccc(CNC(=O)CNC(=O)c2ccc(C)cc2)cc1OC. The fourth-order valence-corrected chi connectivity index (χ4v) is 2.22. The molecule has 0 aliphatic rings. The van der Waals surface area contributed by atoms with E-state index in [4.69, 9.17) is 9.47 Å². The fraction of sp³-hybridized carbons (Fsp3) is 0.263. The van der Waals surface area contributed by atoms with E-state index in [-0.39, 0.29) is 18.4 Å². The van der Waals surface area contributed by atoms with Crippen LogP contribution in [0.25, 0.3) is 0 Å². The van der Waals surface area contributed by atoms with Gasteiger partial charge in [-0.05, 0) is 36.8 Å². The molecule has 2 aromatic carbocycles. The van der Waals surface area contributed by atoms with Gasteiger partial charge in [-0.25, -0.2) is 0 Å². The largest absolute Gasteiger partial charge is 0.493 e. The zero-order chi connectivity index (χ0) is 18.2. The summed E-state index contributed by atoms with van der Waals surface area (Å²) in [6.07, 6.45) is 0. The van der Waals surface area contributed by atoms with Gasteiger partial charge in [0.2, 0.25) is 5.91 Å². The van der Waals surface area contributed by atoms with Crippen LogP contribution < -0.4 is 20.1 Å². The summed E-state index contributed by atoms with van der Waals surface area (Å²) in [5.74, 6) is 0.682. The molecule has 6 heteroatoms. The first-order valence-electron chi connectivity index (χ1n) is 7.86. The van der Waals surface area contributed by atoms with Crippen LogP contribution in [0.2, 0.25) is 0 Å². The quantitative estimate of drug-likeness (QED) is 0.807. The highest BCUT2D eigenvalue weighted by atomic mass is 16.5. The van der Waals surface area contributed by atoms with Crippen LogP contribution in [0.1, 0.15) is 21.5 Å². The van der Waals surface area contributed by atoms with Crippen molar-refractivity contribution in [1.82, 2.24) is 10.6 Å². The van der Waals surface area contributed by atoms with Crippen molar-refractivity contribution in [1.29, 1.82) is 0 Å². The van der Waals surface area contributed by atoms with Crippen LogP contribution in [0.3, 0.4) is 0 Å². The number of nitrogens with one attached hydrogen (secondary N) is 2. The number of benzene rings is 2. The maximum absolute atomic E-state index is 12.0. The number of ether oxygens (including phenoxy) is 2. The Bertz CT molecular complexity index is 742. The fourth-order valence-electron chi connectivity index (χ4n) is 2.22. The maximum Gasteiger partial charge on any atom is 0.251 e. The van der Waals surface area contributed by atoms with E-state index in [1.54, 1.807) is 38.5 Å². The van der Waals surface area contributed by atoms with E-state index >= 15 is 0 Å². The molecular weight excluding hydrogens is 320 g/mol. The van der Waals surface area contributed by atoms with Gasteiger partial charge in [0.25, 0.3) is 5.91 Å². The lowest BCUT2D eigenvalue weighted by molar-refractivity contribution is -0.120. The minimum atomic E-state index is -0.277. The molecule has 0 radical (unpaired) electrons. The van der Waals surface area contributed by atoms with E-state index in [2.05, 4.69) is 10.6 Å². The smallest absolute Gasteiger partial charge is 0.251 e. The topological polar surface area (TPSA) is 76.7 Å². The van der Waals surface area contributed by atoms with Crippen LogP contribution in [0, 0.1) is 6.92 Å². The minimum absolute atomic E-state index is 0.0833. The summed E-state index contributed by atoms with van der Waals surface area (Å²) in [7, 11) is 3.12. The number of aryl methyl sites for hydroxylation is 1. The Balaban J connectivity index is 1.82. The lowest BCUT2D eigenvalue weighted by Crippen LogP contribution is -2.36. The molecule has 0 aliphatic heterocycles. The number of rotatable bonds is 7. The molecule has 0 fully saturated rings. The van der Waals surface area contributed by atoms with Gasteiger partial charge in [-0.15, -0.1) is 0 Å². The third-order valence-corrected chi connectivity index (χ3v) is 3.66. The van der Waals surface area contributed by atoms with E-state index in [0.717, 1.165) is 11.1 Å². The van der Waals surface area contributed by atoms with Gasteiger partial charge in [-0.3, -0.25) is 9.59 Å². The van der Waals surface area contributed by atoms with Crippen molar-refractivity contribution in [3.63, 3.8) is 0 Å². The van der Waals surface area contributed by atoms with Crippen molar-refractivity contribution < 1.29 is 19.1 Å². The molecule has 0 unspecified atom stereocenters. The summed E-state index contributed by atoms with van der Waals surface area (Å²) < 4.78 is 10.4. The highest BCUT2D eigenvalue weighted by molar-refractivity contribution is 5.96. The summed E-state index contributed by atoms with van der Waals surface area (Å²) >= 11 is 0. The molecule has 0 bridgehead atoms. The van der Waals surface area contributed by atoms with Crippen molar-refractivity contribution in [3.8, 4) is 11.5 Å². The molecule has 2 aromatic rings. The molecule has 2 N–H and O–H groups in total. The Morgan fingerprint density at radius 3 is 2.24 bits per heavy atom. The van der Waals surface area contributed by atoms with E-state index in [1.807, 2.05) is 25.1 Å². The van der Waals surface area contributed by atoms with Crippen LogP contribution in [0.15, 0.2) is 42.5 Å². The predicted octanol–water partition coefficient (Wildman–Crippen LogP) is 2.06. The van der Waals surface area contributed by atoms with Gasteiger partial charge in [0.05, 0.1) is 20.8 Å². The minimum Gasteiger partial charge on any atom is -0.493 e. The molecule has 25 heavy (non-hydrogen) atoms. The van der Waals surface area contributed by atoms with E-state index in [9.17, 15) is 9.59 Å². The standard InChI is InChI=1S/C19H22N2O4/c1-13-4-7-15(8-5-13)19(23)21-12-18(22)20-11-14-6-9-16(24-2)17(10-14)25-3/h4-10H,11-12H2,1-3H3,(H,20,22)(H,21,23). The van der Waals surface area contributed by atoms with Gasteiger partial charge in [0.15, 0.2) is 11.5 Å². The summed E-state index contributed by atoms with van der Waals surface area (Å²) in [5, 5.41) is 5.35. The predicted molar refractivity (Wildman–Crippen MR) is 94.9 cm³/mol. The number of methoxy groups -OCH3 is 2. The Morgan fingerprint density at radius 2 is 1.60 bits per heavy atom. The van der Waals surface area contributed by atoms with Crippen LogP contribution in [0.5, 0.6) is 11.5 Å². The Morgan fingerprint density at radius 1 is 0.920 bits per heavy atom. The first-order valence-corrected chi connectivity index (χ1v) is 7.86. The first-order chi connectivity index (χ1) is 12.0. The summed E-state index contributed by atoms with van der Waals surface area (Å²) in [6.45, 7) is 2.20. The highest BCUT2D eigenvalue weighted by Gasteiger charge is 2.09. The zero-order valence-corrected chi connectivity index (χ0v) is 14.6. The van der Waals surface area contributed by atoms with Crippen molar-refractivity contribution in [3.05, 3.63) is 59.2 Å². The van der Waals surface area contributed by atoms with E-state index in [1.165, 1.54) is 0 Å². The average Bonchev–Trinajstić information content (AvgIpc) is 2.64. The number of hydrogen-bond donors (Lipinski definition) is 2. The third kappa shape index (κ3) is 5.24. The van der Waals surface area contributed by atoms with Gasteiger partial charge in [-0.2, -0.15) is 0 Å². The number of hydrogen-bond acceptors (Lipinski definition) is 4. The highest BCUT2D eigenvalue weighted by Crippen LogP contribution is 2.27. The van der Waals surface area contributed by atoms with Crippen molar-refractivity contribution in [2.24, 2.45) is 0 Å². The van der Waals surface area contributed by atoms with Gasteiger partial charge in [-0.1, -0.05) is 23.8 Å². The molecule has 0 aromatic heterocycles. The molecule has 0 spiro atoms. The third-order valence-electron chi connectivity index (χ3n) is 3.66. The molecule has 0 atom stereocenters. The lowest BCUT2D eigenvalue weighted by Gasteiger charge is -2.11. The van der Waals surface area contributed by atoms with E-state index < -0.39 is 0 Å². The van der Waals surface area contributed by atoms with Crippen LogP contribution in [-0.4, -0.2) is 32.6 Å². The van der Waals surface area contributed by atoms with Crippen molar-refractivity contribution in [2.45, 2.75) is 13.5 Å². The maximum atomic E-state index is 12.0. The van der Waals surface area contributed by atoms with Crippen LogP contribution >= 0.6 is 0 Å². The normalized spacial score (nSPS) is 10.0. The second kappa shape index (κ2) is 8.73. The second-order valence-corrected chi connectivity index (χ2v) is 5.51. The summed E-state index contributed by atoms with van der Waals surface area (Å²) in [5.41, 5.74) is 2.47. The lowest BCUT2D eigenvalue weighted by atomic mass is 10.1. The zero-order valence-electron chi connectivity index (χ0n) is 14.6. The van der Waals surface area contributed by atoms with Crippen molar-refractivity contribution >= 4 is 11.8 Å². The molecule has 2 rings (SSSR count). The number of carbonyl (C=O) groups is 2. The molecule has 6 nitrogen and oxygen atoms in total. The van der Waals surface area contributed by atoms with Gasteiger partial charge >= 0.3 is 0 Å². The summed E-state index contributed by atoms with van der Waals surface area (Å²) in [6, 6.07) is 12.6. The molecule has 2 amide bonds. The average molecular weight is 342 g/mol. The number of amides is 2. The van der Waals surface area contributed by atoms with Gasteiger partial charge in [0, 0.05) is 12.1 Å². The van der Waals surface area contributed by atoms with Gasteiger partial charge in [0.1, 0.15) is 0 Å². The van der Waals surface area contributed by atoms with E-state index in [0.29, 0.717) is 23.6 Å². The molecule has 0 saturated heterocycles. The molecule has 132 valence electrons. The molecule has 0 heterocycles. The first kappa shape index (κ1) is 18.3. The van der Waals surface area contributed by atoms with Crippen molar-refractivity contribution in [2.75, 3.05) is 20.8 Å². The Hall–Kier alpha value is -3.02. The van der Waals surface area contributed by atoms with Crippen LogP contribution in [0.4, 0.5) is 0 Å². The Kier molecular flexibility index (Phi) is 6.39. The molecular formula is C19H22N2O4.